The van der Waals surface area contributed by atoms with Crippen LogP contribution >= 0.6 is 11.6 Å². The summed E-state index contributed by atoms with van der Waals surface area (Å²) in [7, 11) is 0. The zero-order valence-corrected chi connectivity index (χ0v) is 23.7. The van der Waals surface area contributed by atoms with Crippen LogP contribution in [0.15, 0.2) is 97.1 Å². The second kappa shape index (κ2) is 12.2. The smallest absolute Gasteiger partial charge is 0.254 e. The molecule has 2 fully saturated rings. The maximum absolute atomic E-state index is 13.8. The molecule has 3 aromatic carbocycles. The van der Waals surface area contributed by atoms with Crippen molar-refractivity contribution < 1.29 is 9.59 Å². The summed E-state index contributed by atoms with van der Waals surface area (Å²) < 4.78 is 0. The molecule has 0 saturated carbocycles. The average molecular weight is 565 g/mol. The van der Waals surface area contributed by atoms with E-state index in [4.69, 9.17) is 16.6 Å². The molecule has 0 spiro atoms. The van der Waals surface area contributed by atoms with Crippen LogP contribution in [0.1, 0.15) is 33.6 Å². The van der Waals surface area contributed by atoms with Crippen molar-refractivity contribution in [3.05, 3.63) is 113 Å². The number of hydrogen-bond acceptors (Lipinski definition) is 4. The third-order valence-electron chi connectivity index (χ3n) is 8.17. The lowest BCUT2D eigenvalue weighted by molar-refractivity contribution is 0.0412. The lowest BCUT2D eigenvalue weighted by Gasteiger charge is -2.42. The van der Waals surface area contributed by atoms with E-state index in [9.17, 15) is 9.59 Å². The summed E-state index contributed by atoms with van der Waals surface area (Å²) in [5.74, 6) is 0.113. The van der Waals surface area contributed by atoms with Crippen LogP contribution in [0.25, 0.3) is 22.5 Å². The Morgan fingerprint density at radius 3 is 1.63 bits per heavy atom. The Kier molecular flexibility index (Phi) is 8.12. The van der Waals surface area contributed by atoms with Gasteiger partial charge in [-0.1, -0.05) is 72.3 Å². The number of carbonyl (C=O) groups excluding carboxylic acids is 2. The molecule has 0 radical (unpaired) electrons. The Bertz CT molecular complexity index is 1440. The van der Waals surface area contributed by atoms with E-state index in [0.29, 0.717) is 35.3 Å². The largest absolute Gasteiger partial charge is 0.339 e. The van der Waals surface area contributed by atoms with Gasteiger partial charge in [0, 0.05) is 72.6 Å². The Labute approximate surface area is 246 Å². The Hall–Kier alpha value is -4.00. The molecule has 2 saturated heterocycles. The standard InChI is InChI=1S/C34H33ClN4O2/c35-29-13-11-27(12-14-29)33(40)38-17-15-30(16-18-38)37-19-21-39(22-20-37)34(41)28-23-31(25-7-3-1-4-8-25)36-32(24-28)26-9-5-2-6-10-26/h1-14,23-24,30H,15-22H2. The van der Waals surface area contributed by atoms with Gasteiger partial charge in [0.2, 0.25) is 0 Å². The van der Waals surface area contributed by atoms with E-state index in [1.54, 1.807) is 24.3 Å². The monoisotopic (exact) mass is 564 g/mol. The quantitative estimate of drug-likeness (QED) is 0.292. The molecule has 2 amide bonds. The van der Waals surface area contributed by atoms with E-state index < -0.39 is 0 Å². The van der Waals surface area contributed by atoms with Crippen LogP contribution in [0.5, 0.6) is 0 Å². The predicted octanol–water partition coefficient (Wildman–Crippen LogP) is 6.13. The van der Waals surface area contributed by atoms with Crippen molar-refractivity contribution in [2.24, 2.45) is 0 Å². The number of hydrogen-bond donors (Lipinski definition) is 0. The lowest BCUT2D eigenvalue weighted by atomic mass is 10.0. The number of piperazine rings is 1. The van der Waals surface area contributed by atoms with Crippen LogP contribution in [0.2, 0.25) is 5.02 Å². The number of benzene rings is 3. The van der Waals surface area contributed by atoms with Crippen molar-refractivity contribution >= 4 is 23.4 Å². The van der Waals surface area contributed by atoms with Crippen molar-refractivity contribution in [3.63, 3.8) is 0 Å². The summed E-state index contributed by atoms with van der Waals surface area (Å²) in [5, 5.41) is 0.634. The minimum atomic E-state index is 0.0461. The number of likely N-dealkylation sites (tertiary alicyclic amines) is 1. The van der Waals surface area contributed by atoms with Crippen LogP contribution in [-0.4, -0.2) is 76.8 Å². The molecule has 0 aliphatic carbocycles. The SMILES string of the molecule is O=C(c1ccc(Cl)cc1)N1CCC(N2CCN(C(=O)c3cc(-c4ccccc4)nc(-c4ccccc4)c3)CC2)CC1. The molecule has 0 bridgehead atoms. The highest BCUT2D eigenvalue weighted by molar-refractivity contribution is 6.30. The molecule has 0 unspecified atom stereocenters. The molecule has 4 aromatic rings. The molecule has 0 atom stereocenters. The molecule has 6 nitrogen and oxygen atoms in total. The van der Waals surface area contributed by atoms with Crippen LogP contribution in [0.4, 0.5) is 0 Å². The summed E-state index contributed by atoms with van der Waals surface area (Å²) in [6.45, 7) is 4.53. The van der Waals surface area contributed by atoms with Gasteiger partial charge in [-0.25, -0.2) is 4.98 Å². The number of piperidine rings is 1. The van der Waals surface area contributed by atoms with E-state index in [1.807, 2.05) is 82.6 Å². The van der Waals surface area contributed by atoms with E-state index in [0.717, 1.165) is 61.5 Å². The van der Waals surface area contributed by atoms with Crippen molar-refractivity contribution in [2.45, 2.75) is 18.9 Å². The van der Waals surface area contributed by atoms with Crippen molar-refractivity contribution in [3.8, 4) is 22.5 Å². The molecule has 3 heterocycles. The first-order valence-electron chi connectivity index (χ1n) is 14.3. The van der Waals surface area contributed by atoms with Gasteiger partial charge >= 0.3 is 0 Å². The van der Waals surface area contributed by atoms with Gasteiger partial charge in [-0.05, 0) is 49.2 Å². The van der Waals surface area contributed by atoms with Crippen LogP contribution in [-0.2, 0) is 0 Å². The molecule has 208 valence electrons. The van der Waals surface area contributed by atoms with E-state index in [-0.39, 0.29) is 11.8 Å². The minimum Gasteiger partial charge on any atom is -0.339 e. The van der Waals surface area contributed by atoms with Crippen molar-refractivity contribution in [1.82, 2.24) is 19.7 Å². The van der Waals surface area contributed by atoms with Crippen molar-refractivity contribution in [1.29, 1.82) is 0 Å². The molecular formula is C34H33ClN4O2. The maximum atomic E-state index is 13.8. The van der Waals surface area contributed by atoms with Gasteiger partial charge in [0.05, 0.1) is 11.4 Å². The third-order valence-corrected chi connectivity index (χ3v) is 8.42. The van der Waals surface area contributed by atoms with Crippen molar-refractivity contribution in [2.75, 3.05) is 39.3 Å². The van der Waals surface area contributed by atoms with Gasteiger partial charge in [-0.2, -0.15) is 0 Å². The zero-order chi connectivity index (χ0) is 28.2. The Morgan fingerprint density at radius 1 is 0.610 bits per heavy atom. The first-order chi connectivity index (χ1) is 20.0. The molecule has 7 heteroatoms. The van der Waals surface area contributed by atoms with Gasteiger partial charge < -0.3 is 9.80 Å². The maximum Gasteiger partial charge on any atom is 0.254 e. The first-order valence-corrected chi connectivity index (χ1v) is 14.6. The van der Waals surface area contributed by atoms with Gasteiger partial charge in [0.1, 0.15) is 0 Å². The number of rotatable bonds is 5. The van der Waals surface area contributed by atoms with E-state index in [1.165, 1.54) is 0 Å². The van der Waals surface area contributed by atoms with Crippen LogP contribution in [0.3, 0.4) is 0 Å². The molecule has 2 aliphatic rings. The molecule has 0 N–H and O–H groups in total. The number of nitrogens with zero attached hydrogens (tertiary/aromatic N) is 4. The number of pyridine rings is 1. The highest BCUT2D eigenvalue weighted by Gasteiger charge is 2.31. The topological polar surface area (TPSA) is 56.8 Å². The van der Waals surface area contributed by atoms with E-state index >= 15 is 0 Å². The van der Waals surface area contributed by atoms with Gasteiger partial charge in [-0.3, -0.25) is 14.5 Å². The lowest BCUT2D eigenvalue weighted by Crippen LogP contribution is -2.54. The molecule has 6 rings (SSSR count). The molecular weight excluding hydrogens is 532 g/mol. The average Bonchev–Trinajstić information content (AvgIpc) is 3.05. The second-order valence-corrected chi connectivity index (χ2v) is 11.2. The summed E-state index contributed by atoms with van der Waals surface area (Å²) in [5.41, 5.74) is 4.93. The number of carbonyl (C=O) groups is 2. The molecule has 1 aromatic heterocycles. The number of amides is 2. The predicted molar refractivity (Wildman–Crippen MR) is 163 cm³/mol. The fourth-order valence-corrected chi connectivity index (χ4v) is 5.98. The number of halogens is 1. The summed E-state index contributed by atoms with van der Waals surface area (Å²) >= 11 is 5.98. The van der Waals surface area contributed by atoms with Crippen LogP contribution in [0, 0.1) is 0 Å². The summed E-state index contributed by atoms with van der Waals surface area (Å²) in [6.07, 6.45) is 1.89. The fourth-order valence-electron chi connectivity index (χ4n) is 5.85. The minimum absolute atomic E-state index is 0.0461. The normalized spacial score (nSPS) is 16.5. The van der Waals surface area contributed by atoms with Gasteiger partial charge in [0.15, 0.2) is 0 Å². The molecule has 2 aliphatic heterocycles. The third kappa shape index (κ3) is 6.19. The van der Waals surface area contributed by atoms with Gasteiger partial charge in [0.25, 0.3) is 11.8 Å². The highest BCUT2D eigenvalue weighted by Crippen LogP contribution is 2.27. The second-order valence-electron chi connectivity index (χ2n) is 10.7. The highest BCUT2D eigenvalue weighted by atomic mass is 35.5. The van der Waals surface area contributed by atoms with Gasteiger partial charge in [-0.15, -0.1) is 0 Å². The number of aromatic nitrogens is 1. The molecule has 41 heavy (non-hydrogen) atoms. The van der Waals surface area contributed by atoms with E-state index in [2.05, 4.69) is 4.90 Å². The fraction of sp³-hybridized carbons (Fsp3) is 0.265. The Balaban J connectivity index is 1.10. The zero-order valence-electron chi connectivity index (χ0n) is 23.0. The Morgan fingerprint density at radius 2 is 1.10 bits per heavy atom. The van der Waals surface area contributed by atoms with Crippen LogP contribution < -0.4 is 0 Å². The summed E-state index contributed by atoms with van der Waals surface area (Å²) in [4.78, 5) is 38.0. The first kappa shape index (κ1) is 27.2. The summed E-state index contributed by atoms with van der Waals surface area (Å²) in [6, 6.07) is 31.4.